The zero-order valence-electron chi connectivity index (χ0n) is 30.2. The summed E-state index contributed by atoms with van der Waals surface area (Å²) in [7, 11) is 0. The van der Waals surface area contributed by atoms with Crippen molar-refractivity contribution < 1.29 is 69.1 Å². The van der Waals surface area contributed by atoms with Gasteiger partial charge >= 0.3 is 5.97 Å². The molecule has 0 radical (unpaired) electrons. The summed E-state index contributed by atoms with van der Waals surface area (Å²) in [6.07, 6.45) is -4.60. The van der Waals surface area contributed by atoms with E-state index in [1.165, 1.54) is 32.0 Å². The van der Waals surface area contributed by atoms with Crippen LogP contribution in [0.15, 0.2) is 54.6 Å². The van der Waals surface area contributed by atoms with Crippen LogP contribution in [0.3, 0.4) is 0 Å². The quantitative estimate of drug-likeness (QED) is 0.0494. The number of aromatic hydroxyl groups is 1. The molecule has 0 spiro atoms. The average molecular weight is 767 g/mol. The van der Waals surface area contributed by atoms with E-state index in [4.69, 9.17) is 14.2 Å². The number of carbonyl (C=O) groups is 4. The van der Waals surface area contributed by atoms with E-state index in [9.17, 15) is 54.9 Å². The summed E-state index contributed by atoms with van der Waals surface area (Å²) in [4.78, 5) is 54.3. The molecule has 14 heteroatoms. The summed E-state index contributed by atoms with van der Waals surface area (Å²) < 4.78 is 17.2. The van der Waals surface area contributed by atoms with Crippen LogP contribution >= 0.6 is 0 Å². The summed E-state index contributed by atoms with van der Waals surface area (Å²) >= 11 is 0. The number of esters is 1. The van der Waals surface area contributed by atoms with Gasteiger partial charge in [0.2, 0.25) is 12.1 Å². The number of phenols is 1. The largest absolute Gasteiger partial charge is 0.507 e. The maximum atomic E-state index is 14.9. The number of ketones is 2. The molecule has 0 bridgehead atoms. The van der Waals surface area contributed by atoms with Crippen LogP contribution in [0, 0.1) is 0 Å². The number of aryl methyl sites for hydroxylation is 1. The Kier molecular flexibility index (Phi) is 10.2. The van der Waals surface area contributed by atoms with Crippen molar-refractivity contribution in [3.8, 4) is 17.2 Å². The van der Waals surface area contributed by atoms with Crippen LogP contribution < -0.4 is 9.47 Å². The first-order valence-electron chi connectivity index (χ1n) is 17.8. The van der Waals surface area contributed by atoms with Crippen molar-refractivity contribution in [3.05, 3.63) is 121 Å². The number of rotatable bonds is 9. The summed E-state index contributed by atoms with van der Waals surface area (Å²) in [6.45, 7) is 1.18. The summed E-state index contributed by atoms with van der Waals surface area (Å²) in [5, 5.41) is 74.8. The van der Waals surface area contributed by atoms with Gasteiger partial charge < -0.3 is 50.0 Å². The van der Waals surface area contributed by atoms with Crippen molar-refractivity contribution in [2.24, 2.45) is 0 Å². The second-order valence-corrected chi connectivity index (χ2v) is 14.0. The molecule has 1 aliphatic heterocycles. The normalized spacial score (nSPS) is 21.0. The molecule has 4 unspecified atom stereocenters. The lowest BCUT2D eigenvalue weighted by molar-refractivity contribution is -0.371. The first-order valence-corrected chi connectivity index (χ1v) is 17.8. The predicted octanol–water partition coefficient (Wildman–Crippen LogP) is 2.49. The van der Waals surface area contributed by atoms with E-state index in [-0.39, 0.29) is 62.4 Å². The molecule has 4 aromatic rings. The van der Waals surface area contributed by atoms with Crippen molar-refractivity contribution in [3.63, 3.8) is 0 Å². The van der Waals surface area contributed by atoms with Gasteiger partial charge in [-0.25, -0.2) is 0 Å². The third-order valence-corrected chi connectivity index (χ3v) is 10.6. The van der Waals surface area contributed by atoms with E-state index in [0.717, 1.165) is 17.2 Å². The van der Waals surface area contributed by atoms with Gasteiger partial charge in [-0.15, -0.1) is 0 Å². The Morgan fingerprint density at radius 3 is 2.29 bits per heavy atom. The minimum atomic E-state index is -3.13. The van der Waals surface area contributed by atoms with Gasteiger partial charge in [0.15, 0.2) is 24.0 Å². The van der Waals surface area contributed by atoms with Crippen LogP contribution in [0.4, 0.5) is 0 Å². The van der Waals surface area contributed by atoms with Gasteiger partial charge in [0.05, 0.1) is 24.9 Å². The number of allylic oxidation sites excluding steroid dienone is 1. The fourth-order valence-electron chi connectivity index (χ4n) is 7.73. The van der Waals surface area contributed by atoms with Gasteiger partial charge in [0.1, 0.15) is 23.4 Å². The molecular formula is C42H38O14. The van der Waals surface area contributed by atoms with E-state index in [1.807, 2.05) is 30.3 Å². The van der Waals surface area contributed by atoms with Crippen LogP contribution in [-0.2, 0) is 35.6 Å². The summed E-state index contributed by atoms with van der Waals surface area (Å²) in [5.41, 5.74) is 1.56. The van der Waals surface area contributed by atoms with E-state index < -0.39 is 78.0 Å². The number of ether oxygens (including phenoxy) is 3. The molecule has 56 heavy (non-hydrogen) atoms. The number of aliphatic hydroxyl groups excluding tert-OH is 4. The molecule has 0 aromatic heterocycles. The number of phenolic OH excluding ortho intramolecular Hbond substituents is 1. The molecule has 7 rings (SSSR count). The van der Waals surface area contributed by atoms with Crippen LogP contribution in [0.1, 0.15) is 101 Å². The zero-order valence-corrected chi connectivity index (χ0v) is 30.2. The number of hydrogen-bond donors (Lipinski definition) is 7. The third-order valence-electron chi connectivity index (χ3n) is 10.6. The highest BCUT2D eigenvalue weighted by Crippen LogP contribution is 2.48. The molecule has 7 N–H and O–H groups in total. The van der Waals surface area contributed by atoms with Crippen molar-refractivity contribution >= 4 is 35.5 Å². The number of aliphatic hydroxyl groups is 6. The van der Waals surface area contributed by atoms with E-state index in [1.54, 1.807) is 6.07 Å². The van der Waals surface area contributed by atoms with Gasteiger partial charge in [-0.1, -0.05) is 48.5 Å². The molecule has 3 aliphatic rings. The van der Waals surface area contributed by atoms with Crippen LogP contribution in [-0.4, -0.2) is 90.0 Å². The highest BCUT2D eigenvalue weighted by Gasteiger charge is 2.54. The van der Waals surface area contributed by atoms with Crippen molar-refractivity contribution in [2.75, 3.05) is 0 Å². The van der Waals surface area contributed by atoms with Crippen molar-refractivity contribution in [1.82, 2.24) is 0 Å². The monoisotopic (exact) mass is 766 g/mol. The molecule has 14 nitrogen and oxygen atoms in total. The highest BCUT2D eigenvalue weighted by atomic mass is 16.7. The molecule has 2 aliphatic carbocycles. The molecule has 290 valence electrons. The lowest BCUT2D eigenvalue weighted by Gasteiger charge is -2.44. The Hall–Kier alpha value is -5.58. The maximum absolute atomic E-state index is 14.9. The van der Waals surface area contributed by atoms with Crippen LogP contribution in [0.2, 0.25) is 0 Å². The fourth-order valence-corrected chi connectivity index (χ4v) is 7.73. The van der Waals surface area contributed by atoms with Crippen molar-refractivity contribution in [1.29, 1.82) is 0 Å². The molecule has 1 saturated heterocycles. The minimum Gasteiger partial charge on any atom is -0.507 e. The Morgan fingerprint density at radius 1 is 0.875 bits per heavy atom. The standard InChI is InChI=1S/C42H38O14/c1-19-39(50)42(52,53)40(51)41(54-19)56-30-15-28-34(36(47)27(30)13-23-8-5-9-25(16-43)29(23)18-45)38(49)33-26(17-44)14-31(55-20(2)46)32(35(33)37(28)48)24-11-10-21-6-3-4-7-22(21)12-24/h3-9,12,14-15,18-19,39-41,43-44,47,50-53H,10-11,13,16-17H2,1-2H3. The molecular weight excluding hydrogens is 728 g/mol. The molecule has 0 saturated carbocycles. The highest BCUT2D eigenvalue weighted by molar-refractivity contribution is 6.31. The molecule has 1 heterocycles. The lowest BCUT2D eigenvalue weighted by Crippen LogP contribution is -2.67. The smallest absolute Gasteiger partial charge is 0.308 e. The zero-order chi connectivity index (χ0) is 40.2. The van der Waals surface area contributed by atoms with E-state index >= 15 is 0 Å². The van der Waals surface area contributed by atoms with Gasteiger partial charge in [-0.05, 0) is 65.3 Å². The van der Waals surface area contributed by atoms with Gasteiger partial charge in [-0.3, -0.25) is 19.2 Å². The topological polar surface area (TPSA) is 238 Å². The molecule has 0 amide bonds. The third kappa shape index (κ3) is 6.40. The summed E-state index contributed by atoms with van der Waals surface area (Å²) in [6, 6.07) is 14.6. The SMILES string of the molecule is CC(=O)Oc1cc(CO)c2c(c1C1=Cc3ccccc3CC1)C(=O)c1cc(OC3OC(C)C(O)C(O)(O)C3O)c(Cc3cccc(CO)c3C=O)c(O)c1C2=O. The Bertz CT molecular complexity index is 2340. The van der Waals surface area contributed by atoms with Crippen molar-refractivity contribution in [2.45, 2.75) is 76.7 Å². The van der Waals surface area contributed by atoms with Gasteiger partial charge in [0.25, 0.3) is 0 Å². The fraction of sp³-hybridized carbons (Fsp3) is 0.286. The number of carbonyl (C=O) groups excluding carboxylic acids is 4. The molecule has 4 aromatic carbocycles. The Balaban J connectivity index is 1.47. The van der Waals surface area contributed by atoms with Crippen LogP contribution in [0.5, 0.6) is 17.2 Å². The van der Waals surface area contributed by atoms with E-state index in [0.29, 0.717) is 24.7 Å². The average Bonchev–Trinajstić information content (AvgIpc) is 3.18. The van der Waals surface area contributed by atoms with Gasteiger partial charge in [0, 0.05) is 46.7 Å². The second kappa shape index (κ2) is 14.8. The number of aldehydes is 1. The van der Waals surface area contributed by atoms with E-state index in [2.05, 4.69) is 0 Å². The number of benzene rings is 4. The molecule has 1 fully saturated rings. The lowest BCUT2D eigenvalue weighted by atomic mass is 9.75. The maximum Gasteiger partial charge on any atom is 0.308 e. The summed E-state index contributed by atoms with van der Waals surface area (Å²) in [5.74, 6) is -6.79. The number of fused-ring (bicyclic) bond motifs is 3. The predicted molar refractivity (Wildman–Crippen MR) is 196 cm³/mol. The molecule has 4 atom stereocenters. The first-order chi connectivity index (χ1) is 26.7. The second-order valence-electron chi connectivity index (χ2n) is 14.0. The number of hydrogen-bond acceptors (Lipinski definition) is 14. The Labute approximate surface area is 319 Å². The first kappa shape index (κ1) is 38.7. The van der Waals surface area contributed by atoms with Gasteiger partial charge in [-0.2, -0.15) is 0 Å². The van der Waals surface area contributed by atoms with Crippen LogP contribution in [0.25, 0.3) is 11.6 Å². The Morgan fingerprint density at radius 2 is 1.59 bits per heavy atom. The minimum absolute atomic E-state index is 0.0607.